The third-order valence-electron chi connectivity index (χ3n) is 4.32. The lowest BCUT2D eigenvalue weighted by Crippen LogP contribution is -2.32. The van der Waals surface area contributed by atoms with Crippen LogP contribution < -0.4 is 0 Å². The number of hydrogen-bond donors (Lipinski definition) is 1. The first-order valence-electron chi connectivity index (χ1n) is 8.06. The Bertz CT molecular complexity index is 450. The predicted molar refractivity (Wildman–Crippen MR) is 82.1 cm³/mol. The molecule has 1 aliphatic rings. The van der Waals surface area contributed by atoms with E-state index in [9.17, 15) is 4.79 Å². The second-order valence-corrected chi connectivity index (χ2v) is 6.29. The van der Waals surface area contributed by atoms with Gasteiger partial charge < -0.3 is 5.11 Å². The van der Waals surface area contributed by atoms with Gasteiger partial charge >= 0.3 is 5.97 Å². The van der Waals surface area contributed by atoms with Crippen LogP contribution in [-0.2, 0) is 11.3 Å². The lowest BCUT2D eigenvalue weighted by atomic mass is 9.96. The maximum absolute atomic E-state index is 10.7. The van der Waals surface area contributed by atoms with Crippen molar-refractivity contribution in [2.75, 3.05) is 6.54 Å². The van der Waals surface area contributed by atoms with Crippen LogP contribution in [0.3, 0.4) is 0 Å². The molecule has 1 aromatic rings. The average Bonchev–Trinajstić information content (AvgIpc) is 2.92. The molecule has 1 aliphatic carbocycles. The standard InChI is InChI=1S/C16H27N3O2/c1-13(2)18(10-9-16(20)21)12-14-8-11-19(17-14)15-6-4-3-5-7-15/h8,11,13,15H,3-7,9-10,12H2,1-2H3,(H,20,21). The van der Waals surface area contributed by atoms with Crippen molar-refractivity contribution in [3.63, 3.8) is 0 Å². The largest absolute Gasteiger partial charge is 0.481 e. The van der Waals surface area contributed by atoms with Crippen molar-refractivity contribution in [1.82, 2.24) is 14.7 Å². The van der Waals surface area contributed by atoms with Crippen LogP contribution in [0.5, 0.6) is 0 Å². The van der Waals surface area contributed by atoms with E-state index >= 15 is 0 Å². The molecule has 1 fully saturated rings. The van der Waals surface area contributed by atoms with Gasteiger partial charge in [-0.15, -0.1) is 0 Å². The summed E-state index contributed by atoms with van der Waals surface area (Å²) in [6.45, 7) is 5.49. The van der Waals surface area contributed by atoms with Crippen molar-refractivity contribution < 1.29 is 9.90 Å². The minimum atomic E-state index is -0.742. The normalized spacial score (nSPS) is 16.8. The van der Waals surface area contributed by atoms with Crippen molar-refractivity contribution in [1.29, 1.82) is 0 Å². The number of carboxylic acid groups (broad SMARTS) is 1. The second-order valence-electron chi connectivity index (χ2n) is 6.29. The number of rotatable bonds is 7. The molecule has 21 heavy (non-hydrogen) atoms. The highest BCUT2D eigenvalue weighted by Crippen LogP contribution is 2.27. The maximum atomic E-state index is 10.7. The molecule has 0 unspecified atom stereocenters. The minimum Gasteiger partial charge on any atom is -0.481 e. The molecule has 0 aromatic carbocycles. The zero-order chi connectivity index (χ0) is 15.2. The third kappa shape index (κ3) is 4.84. The first-order valence-corrected chi connectivity index (χ1v) is 8.06. The number of carbonyl (C=O) groups is 1. The zero-order valence-electron chi connectivity index (χ0n) is 13.2. The van der Waals surface area contributed by atoms with Crippen LogP contribution in [-0.4, -0.2) is 38.3 Å². The van der Waals surface area contributed by atoms with Gasteiger partial charge in [0.1, 0.15) is 0 Å². The molecule has 1 heterocycles. The van der Waals surface area contributed by atoms with Gasteiger partial charge in [0.15, 0.2) is 0 Å². The fraction of sp³-hybridized carbons (Fsp3) is 0.750. The predicted octanol–water partition coefficient (Wildman–Crippen LogP) is 3.07. The van der Waals surface area contributed by atoms with Gasteiger partial charge in [-0.25, -0.2) is 0 Å². The summed E-state index contributed by atoms with van der Waals surface area (Å²) in [6.07, 6.45) is 8.68. The Morgan fingerprint density at radius 1 is 1.43 bits per heavy atom. The van der Waals surface area contributed by atoms with E-state index in [1.165, 1.54) is 32.1 Å². The van der Waals surface area contributed by atoms with Crippen molar-refractivity contribution in [2.45, 2.75) is 71.0 Å². The molecular formula is C16H27N3O2. The molecule has 5 heteroatoms. The Morgan fingerprint density at radius 3 is 2.76 bits per heavy atom. The molecule has 118 valence electrons. The van der Waals surface area contributed by atoms with Gasteiger partial charge in [-0.1, -0.05) is 19.3 Å². The molecule has 0 atom stereocenters. The van der Waals surface area contributed by atoms with Gasteiger partial charge in [-0.2, -0.15) is 5.10 Å². The second kappa shape index (κ2) is 7.59. The summed E-state index contributed by atoms with van der Waals surface area (Å²) in [4.78, 5) is 12.9. The van der Waals surface area contributed by atoms with Crippen molar-refractivity contribution in [2.24, 2.45) is 0 Å². The van der Waals surface area contributed by atoms with Gasteiger partial charge in [-0.05, 0) is 32.8 Å². The smallest absolute Gasteiger partial charge is 0.304 e. The fourth-order valence-corrected chi connectivity index (χ4v) is 2.98. The summed E-state index contributed by atoms with van der Waals surface area (Å²) in [5, 5.41) is 13.5. The van der Waals surface area contributed by atoms with E-state index in [0.717, 1.165) is 12.2 Å². The van der Waals surface area contributed by atoms with Crippen LogP contribution >= 0.6 is 0 Å². The number of nitrogens with zero attached hydrogens (tertiary/aromatic N) is 3. The Morgan fingerprint density at radius 2 is 2.14 bits per heavy atom. The Labute approximate surface area is 126 Å². The molecular weight excluding hydrogens is 266 g/mol. The third-order valence-corrected chi connectivity index (χ3v) is 4.32. The summed E-state index contributed by atoms with van der Waals surface area (Å²) in [5.74, 6) is -0.742. The monoisotopic (exact) mass is 293 g/mol. The summed E-state index contributed by atoms with van der Waals surface area (Å²) < 4.78 is 2.12. The van der Waals surface area contributed by atoms with Crippen LogP contribution in [0, 0.1) is 0 Å². The molecule has 1 aromatic heterocycles. The molecule has 0 aliphatic heterocycles. The topological polar surface area (TPSA) is 58.4 Å². The van der Waals surface area contributed by atoms with Gasteiger partial charge in [0.2, 0.25) is 0 Å². The first-order chi connectivity index (χ1) is 10.1. The van der Waals surface area contributed by atoms with E-state index in [2.05, 4.69) is 35.7 Å². The summed E-state index contributed by atoms with van der Waals surface area (Å²) in [7, 11) is 0. The van der Waals surface area contributed by atoms with Crippen molar-refractivity contribution in [3.05, 3.63) is 18.0 Å². The molecule has 0 bridgehead atoms. The Balaban J connectivity index is 1.94. The molecule has 0 amide bonds. The van der Waals surface area contributed by atoms with Crippen LogP contribution in [0.4, 0.5) is 0 Å². The van der Waals surface area contributed by atoms with E-state index < -0.39 is 5.97 Å². The SMILES string of the molecule is CC(C)N(CCC(=O)O)Cc1ccn(C2CCCCC2)n1. The van der Waals surface area contributed by atoms with Crippen LogP contribution in [0.2, 0.25) is 0 Å². The van der Waals surface area contributed by atoms with E-state index in [1.807, 2.05) is 0 Å². The van der Waals surface area contributed by atoms with E-state index in [-0.39, 0.29) is 6.42 Å². The van der Waals surface area contributed by atoms with Crippen LogP contribution in [0.15, 0.2) is 12.3 Å². The van der Waals surface area contributed by atoms with Gasteiger partial charge in [0.25, 0.3) is 0 Å². The van der Waals surface area contributed by atoms with E-state index in [4.69, 9.17) is 10.2 Å². The van der Waals surface area contributed by atoms with Gasteiger partial charge in [0, 0.05) is 25.3 Å². The van der Waals surface area contributed by atoms with Crippen LogP contribution in [0.25, 0.3) is 0 Å². The molecule has 1 saturated carbocycles. The zero-order valence-corrected chi connectivity index (χ0v) is 13.2. The highest BCUT2D eigenvalue weighted by Gasteiger charge is 2.17. The fourth-order valence-electron chi connectivity index (χ4n) is 2.98. The number of aromatic nitrogens is 2. The minimum absolute atomic E-state index is 0.182. The molecule has 0 spiro atoms. The van der Waals surface area contributed by atoms with Crippen LogP contribution in [0.1, 0.15) is 64.1 Å². The highest BCUT2D eigenvalue weighted by atomic mass is 16.4. The molecule has 0 radical (unpaired) electrons. The Hall–Kier alpha value is -1.36. The van der Waals surface area contributed by atoms with E-state index in [1.54, 1.807) is 0 Å². The molecule has 5 nitrogen and oxygen atoms in total. The lowest BCUT2D eigenvalue weighted by molar-refractivity contribution is -0.137. The number of aliphatic carboxylic acids is 1. The van der Waals surface area contributed by atoms with E-state index in [0.29, 0.717) is 18.6 Å². The highest BCUT2D eigenvalue weighted by molar-refractivity contribution is 5.66. The molecule has 1 N–H and O–H groups in total. The van der Waals surface area contributed by atoms with Gasteiger partial charge in [-0.3, -0.25) is 14.4 Å². The number of hydrogen-bond acceptors (Lipinski definition) is 3. The first kappa shape index (κ1) is 16.0. The van der Waals surface area contributed by atoms with Gasteiger partial charge in [0.05, 0.1) is 18.2 Å². The molecule has 0 saturated heterocycles. The quantitative estimate of drug-likeness (QED) is 0.839. The Kier molecular flexibility index (Phi) is 5.79. The lowest BCUT2D eigenvalue weighted by Gasteiger charge is -2.25. The maximum Gasteiger partial charge on any atom is 0.304 e. The summed E-state index contributed by atoms with van der Waals surface area (Å²) >= 11 is 0. The average molecular weight is 293 g/mol. The summed E-state index contributed by atoms with van der Waals surface area (Å²) in [5.41, 5.74) is 1.04. The summed E-state index contributed by atoms with van der Waals surface area (Å²) in [6, 6.07) is 2.95. The van der Waals surface area contributed by atoms with Crippen molar-refractivity contribution in [3.8, 4) is 0 Å². The molecule has 2 rings (SSSR count). The number of carboxylic acids is 1. The van der Waals surface area contributed by atoms with Crippen molar-refractivity contribution >= 4 is 5.97 Å².